The van der Waals surface area contributed by atoms with Gasteiger partial charge in [-0.3, -0.25) is 14.6 Å². The van der Waals surface area contributed by atoms with Crippen LogP contribution in [0.25, 0.3) is 0 Å². The van der Waals surface area contributed by atoms with Crippen LogP contribution in [0.2, 0.25) is 0 Å². The summed E-state index contributed by atoms with van der Waals surface area (Å²) in [6, 6.07) is 5.41. The Hall–Kier alpha value is -1.91. The zero-order chi connectivity index (χ0) is 12.0. The maximum atomic E-state index is 11.6. The number of hydrogen-bond donors (Lipinski definition) is 1. The van der Waals surface area contributed by atoms with Gasteiger partial charge in [0.1, 0.15) is 5.69 Å². The normalized spacial score (nSPS) is 14.4. The van der Waals surface area contributed by atoms with E-state index in [2.05, 4.69) is 11.9 Å². The molecule has 1 saturated heterocycles. The molecule has 0 aromatic carbocycles. The molecule has 0 atom stereocenters. The highest BCUT2D eigenvalue weighted by molar-refractivity contribution is 5.92. The Morgan fingerprint density at radius 3 is 2.62 bits per heavy atom. The fraction of sp³-hybridized carbons (Fsp3) is 0.364. The Morgan fingerprint density at radius 2 is 2.19 bits per heavy atom. The fourth-order valence-corrected chi connectivity index (χ4v) is 1.52. The lowest BCUT2D eigenvalue weighted by atomic mass is 10.0. The molecule has 1 aromatic heterocycles. The second kappa shape index (κ2) is 5.85. The van der Waals surface area contributed by atoms with Crippen LogP contribution >= 0.6 is 0 Å². The minimum atomic E-state index is -0.250. The number of carbonyl (C=O) groups excluding carboxylic acids is 1. The van der Waals surface area contributed by atoms with Crippen molar-refractivity contribution in [2.75, 3.05) is 13.1 Å². The van der Waals surface area contributed by atoms with Crippen molar-refractivity contribution in [1.82, 2.24) is 9.88 Å². The van der Waals surface area contributed by atoms with E-state index in [1.165, 1.54) is 0 Å². The van der Waals surface area contributed by atoms with Crippen molar-refractivity contribution in [3.63, 3.8) is 0 Å². The van der Waals surface area contributed by atoms with Crippen LogP contribution in [0.5, 0.6) is 0 Å². The monoisotopic (exact) mass is 222 g/mol. The van der Waals surface area contributed by atoms with Gasteiger partial charge < -0.3 is 10.0 Å². The second-order valence-corrected chi connectivity index (χ2v) is 3.64. The fourth-order valence-electron chi connectivity index (χ4n) is 1.52. The van der Waals surface area contributed by atoms with Gasteiger partial charge in [0.05, 0.1) is 0 Å². The van der Waals surface area contributed by atoms with Gasteiger partial charge in [0.2, 0.25) is 0 Å². The summed E-state index contributed by atoms with van der Waals surface area (Å²) >= 11 is 0. The molecule has 1 aromatic rings. The van der Waals surface area contributed by atoms with Gasteiger partial charge in [-0.05, 0) is 18.1 Å². The molecule has 1 fully saturated rings. The maximum Gasteiger partial charge on any atom is 0.290 e. The number of carboxylic acid groups (broad SMARTS) is 1. The topological polar surface area (TPSA) is 70.5 Å². The van der Waals surface area contributed by atoms with Crippen molar-refractivity contribution < 1.29 is 14.7 Å². The minimum absolute atomic E-state index is 0.0544. The van der Waals surface area contributed by atoms with E-state index in [0.717, 1.165) is 13.1 Å². The van der Waals surface area contributed by atoms with Crippen LogP contribution in [0.4, 0.5) is 0 Å². The van der Waals surface area contributed by atoms with Crippen LogP contribution < -0.4 is 0 Å². The van der Waals surface area contributed by atoms with Crippen molar-refractivity contribution in [2.45, 2.75) is 6.92 Å². The van der Waals surface area contributed by atoms with Crippen LogP contribution in [0.15, 0.2) is 24.4 Å². The van der Waals surface area contributed by atoms with Crippen LogP contribution in [-0.2, 0) is 4.79 Å². The van der Waals surface area contributed by atoms with Gasteiger partial charge in [-0.15, -0.1) is 0 Å². The van der Waals surface area contributed by atoms with Crippen LogP contribution in [-0.4, -0.2) is 40.5 Å². The number of hydrogen-bond acceptors (Lipinski definition) is 3. The molecule has 0 spiro atoms. The lowest BCUT2D eigenvalue weighted by molar-refractivity contribution is -0.122. The molecule has 1 N–H and O–H groups in total. The van der Waals surface area contributed by atoms with E-state index >= 15 is 0 Å². The summed E-state index contributed by atoms with van der Waals surface area (Å²) in [7, 11) is 0. The Bertz CT molecular complexity index is 348. The molecule has 2 rings (SSSR count). The molecular formula is C11H14N2O3. The summed E-state index contributed by atoms with van der Waals surface area (Å²) in [5.74, 6) is 0.700. The summed E-state index contributed by atoms with van der Waals surface area (Å²) in [5, 5.41) is 6.89. The van der Waals surface area contributed by atoms with Gasteiger partial charge in [0.25, 0.3) is 12.4 Å². The third-order valence-corrected chi connectivity index (χ3v) is 2.24. The van der Waals surface area contributed by atoms with E-state index in [0.29, 0.717) is 11.6 Å². The molecule has 1 amide bonds. The molecule has 86 valence electrons. The third kappa shape index (κ3) is 3.05. The molecule has 0 saturated carbocycles. The highest BCUT2D eigenvalue weighted by Gasteiger charge is 2.28. The van der Waals surface area contributed by atoms with Gasteiger partial charge >= 0.3 is 0 Å². The lowest BCUT2D eigenvalue weighted by Gasteiger charge is -2.36. The Morgan fingerprint density at radius 1 is 1.56 bits per heavy atom. The van der Waals surface area contributed by atoms with Crippen molar-refractivity contribution in [1.29, 1.82) is 0 Å². The summed E-state index contributed by atoms with van der Waals surface area (Å²) < 4.78 is 0. The van der Waals surface area contributed by atoms with E-state index in [9.17, 15) is 4.79 Å². The van der Waals surface area contributed by atoms with E-state index in [4.69, 9.17) is 9.90 Å². The molecule has 5 heteroatoms. The summed E-state index contributed by atoms with van der Waals surface area (Å²) in [6.45, 7) is 3.63. The van der Waals surface area contributed by atoms with Crippen LogP contribution in [0.3, 0.4) is 0 Å². The average Bonchev–Trinajstić information content (AvgIpc) is 2.26. The van der Waals surface area contributed by atoms with Crippen molar-refractivity contribution >= 4 is 12.4 Å². The first-order valence-electron chi connectivity index (χ1n) is 4.97. The lowest BCUT2D eigenvalue weighted by Crippen LogP contribution is -2.48. The zero-order valence-electron chi connectivity index (χ0n) is 9.04. The molecular weight excluding hydrogens is 208 g/mol. The Kier molecular flexibility index (Phi) is 4.44. The second-order valence-electron chi connectivity index (χ2n) is 3.64. The maximum absolute atomic E-state index is 11.6. The van der Waals surface area contributed by atoms with Crippen LogP contribution in [0, 0.1) is 5.92 Å². The van der Waals surface area contributed by atoms with E-state index in [1.54, 1.807) is 12.3 Å². The number of pyridine rings is 1. The van der Waals surface area contributed by atoms with E-state index in [-0.39, 0.29) is 12.4 Å². The SMILES string of the molecule is CC1CN(C(=O)c2ccccn2)C1.O=CO. The van der Waals surface area contributed by atoms with Crippen molar-refractivity contribution in [3.05, 3.63) is 30.1 Å². The number of carbonyl (C=O) groups is 2. The molecule has 16 heavy (non-hydrogen) atoms. The summed E-state index contributed by atoms with van der Waals surface area (Å²) in [6.07, 6.45) is 1.65. The molecule has 5 nitrogen and oxygen atoms in total. The van der Waals surface area contributed by atoms with Gasteiger partial charge in [-0.2, -0.15) is 0 Å². The standard InChI is InChI=1S/C10H12N2O.CH2O2/c1-8-6-12(7-8)10(13)9-4-2-3-5-11-9;2-1-3/h2-5,8H,6-7H2,1H3;1H,(H,2,3). The highest BCUT2D eigenvalue weighted by atomic mass is 16.3. The van der Waals surface area contributed by atoms with E-state index < -0.39 is 0 Å². The Labute approximate surface area is 93.7 Å². The number of rotatable bonds is 1. The molecule has 0 unspecified atom stereocenters. The molecule has 0 aliphatic carbocycles. The summed E-state index contributed by atoms with van der Waals surface area (Å²) in [5.41, 5.74) is 0.550. The first-order valence-corrected chi connectivity index (χ1v) is 4.97. The first kappa shape index (κ1) is 12.2. The average molecular weight is 222 g/mol. The van der Waals surface area contributed by atoms with Gasteiger partial charge in [-0.1, -0.05) is 13.0 Å². The molecule has 2 heterocycles. The largest absolute Gasteiger partial charge is 0.483 e. The first-order chi connectivity index (χ1) is 7.69. The molecule has 0 bridgehead atoms. The van der Waals surface area contributed by atoms with Crippen molar-refractivity contribution in [3.8, 4) is 0 Å². The quantitative estimate of drug-likeness (QED) is 0.716. The van der Waals surface area contributed by atoms with Gasteiger partial charge in [0, 0.05) is 19.3 Å². The number of likely N-dealkylation sites (tertiary alicyclic amines) is 1. The highest BCUT2D eigenvalue weighted by Crippen LogP contribution is 2.16. The molecule has 1 aliphatic rings. The third-order valence-electron chi connectivity index (χ3n) is 2.24. The van der Waals surface area contributed by atoms with Gasteiger partial charge in [0.15, 0.2) is 0 Å². The minimum Gasteiger partial charge on any atom is -0.483 e. The van der Waals surface area contributed by atoms with E-state index in [1.807, 2.05) is 17.0 Å². The molecule has 1 aliphatic heterocycles. The number of aromatic nitrogens is 1. The van der Waals surface area contributed by atoms with Gasteiger partial charge in [-0.25, -0.2) is 0 Å². The van der Waals surface area contributed by atoms with Crippen LogP contribution in [0.1, 0.15) is 17.4 Å². The number of nitrogens with zero attached hydrogens (tertiary/aromatic N) is 2. The van der Waals surface area contributed by atoms with Crippen molar-refractivity contribution in [2.24, 2.45) is 5.92 Å². The number of amides is 1. The predicted octanol–water partition coefficient (Wildman–Crippen LogP) is 0.874. The predicted molar refractivity (Wildman–Crippen MR) is 58.0 cm³/mol. The smallest absolute Gasteiger partial charge is 0.290 e. The Balaban J connectivity index is 0.000000386. The zero-order valence-corrected chi connectivity index (χ0v) is 9.04. The molecule has 0 radical (unpaired) electrons. The summed E-state index contributed by atoms with van der Waals surface area (Å²) in [4.78, 5) is 25.8.